The molecule has 0 bridgehead atoms. The van der Waals surface area contributed by atoms with Crippen LogP contribution in [0, 0.1) is 0 Å². The first-order valence-electron chi connectivity index (χ1n) is 19.6. The number of para-hydroxylation sites is 2. The normalized spacial score (nSPS) is 18.8. The lowest BCUT2D eigenvalue weighted by Gasteiger charge is -2.34. The molecule has 270 valence electrons. The molecular formula is C51H35N5O. The van der Waals surface area contributed by atoms with Crippen LogP contribution in [0.1, 0.15) is 23.5 Å². The highest BCUT2D eigenvalue weighted by Crippen LogP contribution is 2.54. The fourth-order valence-electron chi connectivity index (χ4n) is 9.42. The van der Waals surface area contributed by atoms with Gasteiger partial charge >= 0.3 is 0 Å². The van der Waals surface area contributed by atoms with E-state index in [1.54, 1.807) is 0 Å². The molecule has 2 aliphatic carbocycles. The van der Waals surface area contributed by atoms with Gasteiger partial charge in [-0.3, -0.25) is 0 Å². The summed E-state index contributed by atoms with van der Waals surface area (Å²) in [6.07, 6.45) is 14.3. The molecule has 6 aromatic carbocycles. The Morgan fingerprint density at radius 1 is 0.579 bits per heavy atom. The van der Waals surface area contributed by atoms with E-state index in [4.69, 9.17) is 19.7 Å². The van der Waals surface area contributed by atoms with Gasteiger partial charge in [0.05, 0.1) is 22.8 Å². The third kappa shape index (κ3) is 4.93. The summed E-state index contributed by atoms with van der Waals surface area (Å²) in [6.45, 7) is 0. The Morgan fingerprint density at radius 3 is 2.04 bits per heavy atom. The van der Waals surface area contributed by atoms with Gasteiger partial charge in [0.15, 0.2) is 17.5 Å². The zero-order valence-corrected chi connectivity index (χ0v) is 30.9. The van der Waals surface area contributed by atoms with Gasteiger partial charge in [-0.15, -0.1) is 0 Å². The highest BCUT2D eigenvalue weighted by molar-refractivity contribution is 6.14. The number of benzene rings is 6. The van der Waals surface area contributed by atoms with Crippen molar-refractivity contribution in [2.75, 3.05) is 4.90 Å². The van der Waals surface area contributed by atoms with E-state index >= 15 is 0 Å². The van der Waals surface area contributed by atoms with E-state index in [9.17, 15) is 0 Å². The number of ether oxygens (including phenoxy) is 1. The monoisotopic (exact) mass is 733 g/mol. The van der Waals surface area contributed by atoms with Gasteiger partial charge in [0.25, 0.3) is 0 Å². The van der Waals surface area contributed by atoms with Gasteiger partial charge in [-0.2, -0.15) is 0 Å². The van der Waals surface area contributed by atoms with Crippen molar-refractivity contribution in [3.05, 3.63) is 199 Å². The molecule has 4 aliphatic rings. The van der Waals surface area contributed by atoms with Crippen LogP contribution in [-0.4, -0.2) is 31.7 Å². The molecular weight excluding hydrogens is 699 g/mol. The van der Waals surface area contributed by atoms with Crippen molar-refractivity contribution in [1.29, 1.82) is 0 Å². The first-order valence-corrected chi connectivity index (χ1v) is 19.6. The van der Waals surface area contributed by atoms with Crippen LogP contribution in [0.3, 0.4) is 0 Å². The maximum Gasteiger partial charge on any atom is 0.164 e. The van der Waals surface area contributed by atoms with Crippen molar-refractivity contribution in [3.63, 3.8) is 0 Å². The molecule has 0 saturated heterocycles. The first-order chi connectivity index (χ1) is 28.3. The second-order valence-corrected chi connectivity index (χ2v) is 15.1. The second-order valence-electron chi connectivity index (χ2n) is 15.1. The van der Waals surface area contributed by atoms with Gasteiger partial charge in [0, 0.05) is 62.3 Å². The molecule has 0 amide bonds. The Balaban J connectivity index is 1.02. The van der Waals surface area contributed by atoms with E-state index < -0.39 is 0 Å². The van der Waals surface area contributed by atoms with E-state index in [-0.39, 0.29) is 18.1 Å². The predicted octanol–water partition coefficient (Wildman–Crippen LogP) is 11.5. The molecule has 0 saturated carbocycles. The van der Waals surface area contributed by atoms with Crippen LogP contribution in [0.15, 0.2) is 188 Å². The predicted molar refractivity (Wildman–Crippen MR) is 229 cm³/mol. The molecule has 3 atom stereocenters. The van der Waals surface area contributed by atoms with Crippen molar-refractivity contribution >= 4 is 33.1 Å². The molecule has 2 aromatic heterocycles. The largest absolute Gasteiger partial charge is 0.485 e. The summed E-state index contributed by atoms with van der Waals surface area (Å²) in [4.78, 5) is 17.7. The van der Waals surface area contributed by atoms with Gasteiger partial charge in [0.2, 0.25) is 0 Å². The van der Waals surface area contributed by atoms with E-state index in [1.807, 2.05) is 66.7 Å². The number of nitrogens with zero attached hydrogens (tertiary/aromatic N) is 5. The van der Waals surface area contributed by atoms with E-state index in [2.05, 4.69) is 125 Å². The van der Waals surface area contributed by atoms with E-state index in [0.29, 0.717) is 17.5 Å². The minimum atomic E-state index is -0.157. The topological polar surface area (TPSA) is 56.1 Å². The molecule has 8 aromatic rings. The highest BCUT2D eigenvalue weighted by atomic mass is 16.5. The molecule has 57 heavy (non-hydrogen) atoms. The number of allylic oxidation sites excluding steroid dienone is 4. The number of hydrogen-bond acceptors (Lipinski definition) is 5. The maximum atomic E-state index is 6.90. The standard InChI is InChI=1S/C51H35N5O/c1-4-15-32(16-5-1)49-52-50(33-17-6-2-7-18-33)54-51(53-49)41-23-14-26-44-46(41)40-28-27-35(31-45(40)57-44)56-43-25-13-11-22-37(43)39-30-29-38-36-21-10-12-24-42(36)55(47(38)48(39)56)34-19-8-3-9-20-34/h1-30,37,43,45H,31H2. The summed E-state index contributed by atoms with van der Waals surface area (Å²) in [6, 6.07) is 50.9. The minimum absolute atomic E-state index is 0.149. The number of rotatable bonds is 5. The third-order valence-electron chi connectivity index (χ3n) is 11.9. The number of anilines is 1. The number of fused-ring (bicyclic) bond motifs is 10. The van der Waals surface area contributed by atoms with Crippen LogP contribution in [0.2, 0.25) is 0 Å². The maximum absolute atomic E-state index is 6.90. The summed E-state index contributed by atoms with van der Waals surface area (Å²) < 4.78 is 9.36. The average molecular weight is 734 g/mol. The van der Waals surface area contributed by atoms with Crippen LogP contribution in [0.5, 0.6) is 5.75 Å². The van der Waals surface area contributed by atoms with E-state index in [1.165, 1.54) is 38.8 Å². The van der Waals surface area contributed by atoms with Gasteiger partial charge in [-0.25, -0.2) is 15.0 Å². The lowest BCUT2D eigenvalue weighted by Crippen LogP contribution is -2.35. The number of aromatic nitrogens is 4. The van der Waals surface area contributed by atoms with Crippen molar-refractivity contribution in [3.8, 4) is 45.6 Å². The fourth-order valence-corrected chi connectivity index (χ4v) is 9.42. The van der Waals surface area contributed by atoms with Gasteiger partial charge in [-0.05, 0) is 35.9 Å². The van der Waals surface area contributed by atoms with Crippen molar-refractivity contribution < 1.29 is 4.74 Å². The number of hydrogen-bond donors (Lipinski definition) is 0. The summed E-state index contributed by atoms with van der Waals surface area (Å²) in [5.41, 5.74) is 12.5. The summed E-state index contributed by atoms with van der Waals surface area (Å²) >= 11 is 0. The van der Waals surface area contributed by atoms with Gasteiger partial charge in [-0.1, -0.05) is 152 Å². The molecule has 4 heterocycles. The van der Waals surface area contributed by atoms with Crippen molar-refractivity contribution in [1.82, 2.24) is 19.5 Å². The minimum Gasteiger partial charge on any atom is -0.485 e. The van der Waals surface area contributed by atoms with Crippen LogP contribution < -0.4 is 9.64 Å². The van der Waals surface area contributed by atoms with Crippen molar-refractivity contribution in [2.45, 2.75) is 24.5 Å². The molecule has 0 fully saturated rings. The Labute approximate surface area is 330 Å². The molecule has 6 heteroatoms. The van der Waals surface area contributed by atoms with Crippen LogP contribution >= 0.6 is 0 Å². The fraction of sp³-hybridized carbons (Fsp3) is 0.0784. The quantitative estimate of drug-likeness (QED) is 0.176. The van der Waals surface area contributed by atoms with Gasteiger partial charge < -0.3 is 14.2 Å². The molecule has 0 spiro atoms. The van der Waals surface area contributed by atoms with Crippen molar-refractivity contribution in [2.24, 2.45) is 0 Å². The molecule has 6 nitrogen and oxygen atoms in total. The Kier molecular flexibility index (Phi) is 7.08. The zero-order chi connectivity index (χ0) is 37.5. The summed E-state index contributed by atoms with van der Waals surface area (Å²) in [5, 5.41) is 2.51. The Bertz CT molecular complexity index is 2980. The van der Waals surface area contributed by atoms with E-state index in [0.717, 1.165) is 45.7 Å². The van der Waals surface area contributed by atoms with Crippen LogP contribution in [-0.2, 0) is 0 Å². The molecule has 3 unspecified atom stereocenters. The smallest absolute Gasteiger partial charge is 0.164 e. The molecule has 2 aliphatic heterocycles. The zero-order valence-electron chi connectivity index (χ0n) is 30.9. The third-order valence-corrected chi connectivity index (χ3v) is 11.9. The van der Waals surface area contributed by atoms with Crippen LogP contribution in [0.25, 0.3) is 67.2 Å². The molecule has 0 radical (unpaired) electrons. The lowest BCUT2D eigenvalue weighted by atomic mass is 9.89. The average Bonchev–Trinajstić information content (AvgIpc) is 3.94. The molecule has 0 N–H and O–H groups in total. The summed E-state index contributed by atoms with van der Waals surface area (Å²) in [5.74, 6) is 3.00. The highest BCUT2D eigenvalue weighted by Gasteiger charge is 2.43. The lowest BCUT2D eigenvalue weighted by molar-refractivity contribution is 0.273. The first kappa shape index (κ1) is 32.0. The molecule has 12 rings (SSSR count). The Hall–Kier alpha value is -7.31. The van der Waals surface area contributed by atoms with Gasteiger partial charge in [0.1, 0.15) is 11.9 Å². The van der Waals surface area contributed by atoms with Crippen LogP contribution in [0.4, 0.5) is 5.69 Å². The summed E-state index contributed by atoms with van der Waals surface area (Å²) in [7, 11) is 0. The SMILES string of the molecule is C1=CC2c3ccc4c5ccccc5n(-c5ccccc5)c4c3N(C3=CC=C4c5c(cccc5-c5nc(-c6ccccc6)nc(-c6ccccc6)n5)OC4C3)C2C=C1. The second kappa shape index (κ2) is 12.6. The Morgan fingerprint density at radius 2 is 1.26 bits per heavy atom.